The second kappa shape index (κ2) is 10.8. The molecule has 40 heavy (non-hydrogen) atoms. The molecule has 0 fully saturated rings. The zero-order valence-corrected chi connectivity index (χ0v) is 23.0. The number of para-hydroxylation sites is 1. The van der Waals surface area contributed by atoms with E-state index >= 15 is 0 Å². The van der Waals surface area contributed by atoms with Crippen molar-refractivity contribution >= 4 is 29.1 Å². The standard InChI is InChI=1S/C29H25N3O7S/c1-5-38-28(34)25-17(3)30-29-31(26(25)21-8-6-7-9-22(21)37-4)27(33)24(40-29)15-19-11-13-23(39-19)20-12-10-18(32(35)36)14-16(20)2/h6-15,26H,5H2,1-4H3/b24-15+/t26-/m1/s1. The molecule has 2 aromatic carbocycles. The number of furan rings is 1. The number of hydrogen-bond donors (Lipinski definition) is 0. The molecular formula is C29H25N3O7S. The number of rotatable bonds is 7. The normalized spacial score (nSPS) is 15.0. The number of aryl methyl sites for hydroxylation is 1. The average Bonchev–Trinajstić information content (AvgIpc) is 3.51. The topological polar surface area (TPSA) is 126 Å². The summed E-state index contributed by atoms with van der Waals surface area (Å²) in [5, 5.41) is 11.1. The van der Waals surface area contributed by atoms with Gasteiger partial charge in [0.25, 0.3) is 11.2 Å². The first kappa shape index (κ1) is 26.8. The molecule has 1 aliphatic heterocycles. The van der Waals surface area contributed by atoms with E-state index in [0.717, 1.165) is 0 Å². The van der Waals surface area contributed by atoms with E-state index in [2.05, 4.69) is 4.99 Å². The average molecular weight is 560 g/mol. The van der Waals surface area contributed by atoms with Crippen molar-refractivity contribution in [2.45, 2.75) is 26.8 Å². The van der Waals surface area contributed by atoms with Crippen LogP contribution in [0.25, 0.3) is 17.4 Å². The van der Waals surface area contributed by atoms with Gasteiger partial charge in [-0.2, -0.15) is 0 Å². The fourth-order valence-corrected chi connectivity index (χ4v) is 5.75. The summed E-state index contributed by atoms with van der Waals surface area (Å²) in [6.45, 7) is 5.38. The van der Waals surface area contributed by atoms with Gasteiger partial charge >= 0.3 is 5.97 Å². The molecular weight excluding hydrogens is 534 g/mol. The zero-order chi connectivity index (χ0) is 28.6. The maximum absolute atomic E-state index is 13.8. The van der Waals surface area contributed by atoms with Crippen LogP contribution in [-0.2, 0) is 9.53 Å². The second-order valence-electron chi connectivity index (χ2n) is 9.00. The van der Waals surface area contributed by atoms with Gasteiger partial charge in [0.2, 0.25) is 0 Å². The largest absolute Gasteiger partial charge is 0.496 e. The van der Waals surface area contributed by atoms with Crippen LogP contribution in [0.3, 0.4) is 0 Å². The van der Waals surface area contributed by atoms with E-state index < -0.39 is 16.9 Å². The van der Waals surface area contributed by atoms with Gasteiger partial charge in [-0.05, 0) is 50.6 Å². The molecule has 0 saturated carbocycles. The fourth-order valence-electron chi connectivity index (χ4n) is 4.72. The van der Waals surface area contributed by atoms with E-state index in [9.17, 15) is 19.7 Å². The molecule has 0 spiro atoms. The Morgan fingerprint density at radius 1 is 1.20 bits per heavy atom. The number of nitro benzene ring substituents is 1. The molecule has 3 heterocycles. The number of nitro groups is 1. The van der Waals surface area contributed by atoms with Crippen molar-refractivity contribution in [2.75, 3.05) is 13.7 Å². The third-order valence-corrected chi connectivity index (χ3v) is 7.52. The molecule has 5 rings (SSSR count). The number of ether oxygens (including phenoxy) is 2. The highest BCUT2D eigenvalue weighted by atomic mass is 32.1. The van der Waals surface area contributed by atoms with Crippen molar-refractivity contribution in [2.24, 2.45) is 4.99 Å². The molecule has 1 aliphatic rings. The highest BCUT2D eigenvalue weighted by Crippen LogP contribution is 2.35. The lowest BCUT2D eigenvalue weighted by atomic mass is 9.95. The van der Waals surface area contributed by atoms with Crippen LogP contribution in [0, 0.1) is 17.0 Å². The Morgan fingerprint density at radius 2 is 1.98 bits per heavy atom. The first-order valence-electron chi connectivity index (χ1n) is 12.4. The van der Waals surface area contributed by atoms with Gasteiger partial charge in [0.05, 0.1) is 34.4 Å². The van der Waals surface area contributed by atoms with Crippen molar-refractivity contribution in [3.05, 3.63) is 113 Å². The number of esters is 1. The van der Waals surface area contributed by atoms with Crippen LogP contribution in [0.4, 0.5) is 5.69 Å². The molecule has 204 valence electrons. The molecule has 0 amide bonds. The third kappa shape index (κ3) is 4.75. The summed E-state index contributed by atoms with van der Waals surface area (Å²) in [5.74, 6) is 0.905. The van der Waals surface area contributed by atoms with Gasteiger partial charge in [-0.25, -0.2) is 9.79 Å². The van der Waals surface area contributed by atoms with Gasteiger partial charge in [-0.1, -0.05) is 29.5 Å². The molecule has 2 aromatic heterocycles. The molecule has 0 unspecified atom stereocenters. The molecule has 0 N–H and O–H groups in total. The van der Waals surface area contributed by atoms with Crippen LogP contribution >= 0.6 is 11.3 Å². The molecule has 0 radical (unpaired) electrons. The number of carbonyl (C=O) groups excluding carboxylic acids is 1. The molecule has 0 bridgehead atoms. The lowest BCUT2D eigenvalue weighted by Gasteiger charge is -2.25. The SMILES string of the molecule is CCOC(=O)C1=C(C)N=c2s/c(=C/c3ccc(-c4ccc([N+](=O)[O-])cc4C)o3)c(=O)n2[C@@H]1c1ccccc1OC. The Morgan fingerprint density at radius 3 is 2.67 bits per heavy atom. The maximum atomic E-state index is 13.8. The summed E-state index contributed by atoms with van der Waals surface area (Å²) in [4.78, 5) is 42.6. The van der Waals surface area contributed by atoms with Gasteiger partial charge in [0, 0.05) is 29.3 Å². The number of fused-ring (bicyclic) bond motifs is 1. The summed E-state index contributed by atoms with van der Waals surface area (Å²) >= 11 is 1.18. The van der Waals surface area contributed by atoms with E-state index in [1.165, 1.54) is 35.1 Å². The number of benzene rings is 2. The minimum atomic E-state index is -0.802. The Labute approximate surface area is 232 Å². The summed E-state index contributed by atoms with van der Waals surface area (Å²) < 4.78 is 18.8. The number of allylic oxidation sites excluding steroid dienone is 1. The van der Waals surface area contributed by atoms with Crippen LogP contribution in [-0.4, -0.2) is 29.2 Å². The van der Waals surface area contributed by atoms with Crippen LogP contribution in [0.1, 0.15) is 36.8 Å². The predicted molar refractivity (Wildman–Crippen MR) is 149 cm³/mol. The van der Waals surface area contributed by atoms with Gasteiger partial charge in [-0.3, -0.25) is 19.5 Å². The Balaban J connectivity index is 1.63. The highest BCUT2D eigenvalue weighted by Gasteiger charge is 2.35. The molecule has 10 nitrogen and oxygen atoms in total. The summed E-state index contributed by atoms with van der Waals surface area (Å²) in [6.07, 6.45) is 1.62. The smallest absolute Gasteiger partial charge is 0.338 e. The Bertz CT molecular complexity index is 1860. The lowest BCUT2D eigenvalue weighted by molar-refractivity contribution is -0.384. The number of carbonyl (C=O) groups is 1. The Kier molecular flexibility index (Phi) is 7.22. The fraction of sp³-hybridized carbons (Fsp3) is 0.207. The molecule has 11 heteroatoms. The first-order valence-corrected chi connectivity index (χ1v) is 13.2. The zero-order valence-electron chi connectivity index (χ0n) is 22.2. The summed E-state index contributed by atoms with van der Waals surface area (Å²) in [5.41, 5.74) is 2.39. The minimum absolute atomic E-state index is 0.00350. The number of non-ortho nitro benzene ring substituents is 1. The van der Waals surface area contributed by atoms with Crippen molar-refractivity contribution in [3.63, 3.8) is 0 Å². The van der Waals surface area contributed by atoms with E-state index in [1.807, 2.05) is 18.2 Å². The molecule has 0 aliphatic carbocycles. The van der Waals surface area contributed by atoms with E-state index in [1.54, 1.807) is 51.1 Å². The predicted octanol–water partition coefficient (Wildman–Crippen LogP) is 4.28. The molecule has 4 aromatic rings. The van der Waals surface area contributed by atoms with Crippen molar-refractivity contribution in [1.82, 2.24) is 4.57 Å². The van der Waals surface area contributed by atoms with Crippen molar-refractivity contribution in [1.29, 1.82) is 0 Å². The van der Waals surface area contributed by atoms with E-state index in [0.29, 0.717) is 49.0 Å². The van der Waals surface area contributed by atoms with E-state index in [4.69, 9.17) is 13.9 Å². The van der Waals surface area contributed by atoms with Crippen LogP contribution < -0.4 is 19.6 Å². The molecule has 1 atom stereocenters. The lowest BCUT2D eigenvalue weighted by Crippen LogP contribution is -2.40. The number of methoxy groups -OCH3 is 1. The van der Waals surface area contributed by atoms with Crippen molar-refractivity contribution in [3.8, 4) is 17.1 Å². The van der Waals surface area contributed by atoms with E-state index in [-0.39, 0.29) is 23.4 Å². The number of thiazole rings is 1. The number of aromatic nitrogens is 1. The van der Waals surface area contributed by atoms with Crippen molar-refractivity contribution < 1.29 is 23.6 Å². The van der Waals surface area contributed by atoms with Gasteiger partial charge in [0.1, 0.15) is 23.3 Å². The summed E-state index contributed by atoms with van der Waals surface area (Å²) in [7, 11) is 1.53. The monoisotopic (exact) mass is 559 g/mol. The second-order valence-corrected chi connectivity index (χ2v) is 10.0. The Hall–Kier alpha value is -4.77. The number of hydrogen-bond acceptors (Lipinski definition) is 9. The van der Waals surface area contributed by atoms with Gasteiger partial charge in [-0.15, -0.1) is 0 Å². The summed E-state index contributed by atoms with van der Waals surface area (Å²) in [6, 6.07) is 14.4. The quantitative estimate of drug-likeness (QED) is 0.188. The maximum Gasteiger partial charge on any atom is 0.338 e. The van der Waals surface area contributed by atoms with Crippen LogP contribution in [0.15, 0.2) is 80.1 Å². The number of nitrogens with zero attached hydrogens (tertiary/aromatic N) is 3. The first-order chi connectivity index (χ1) is 19.2. The van der Waals surface area contributed by atoms with Gasteiger partial charge < -0.3 is 13.9 Å². The van der Waals surface area contributed by atoms with Crippen LogP contribution in [0.2, 0.25) is 0 Å². The molecule has 0 saturated heterocycles. The minimum Gasteiger partial charge on any atom is -0.496 e. The third-order valence-electron chi connectivity index (χ3n) is 6.54. The highest BCUT2D eigenvalue weighted by molar-refractivity contribution is 7.07. The van der Waals surface area contributed by atoms with Crippen LogP contribution in [0.5, 0.6) is 5.75 Å². The van der Waals surface area contributed by atoms with Gasteiger partial charge in [0.15, 0.2) is 4.80 Å².